The number of hydrogen-bond acceptors (Lipinski definition) is 1. The molecular formula is C18H21BrFN. The highest BCUT2D eigenvalue weighted by atomic mass is 79.9. The van der Waals surface area contributed by atoms with E-state index in [-0.39, 0.29) is 5.82 Å². The van der Waals surface area contributed by atoms with E-state index in [2.05, 4.69) is 59.4 Å². The fourth-order valence-corrected chi connectivity index (χ4v) is 2.63. The Kier molecular flexibility index (Phi) is 5.95. The van der Waals surface area contributed by atoms with Gasteiger partial charge in [0.15, 0.2) is 0 Å². The lowest BCUT2D eigenvalue weighted by molar-refractivity contribution is 0.525. The molecule has 1 unspecified atom stereocenters. The quantitative estimate of drug-likeness (QED) is 0.780. The van der Waals surface area contributed by atoms with Crippen molar-refractivity contribution < 1.29 is 4.39 Å². The Morgan fingerprint density at radius 3 is 2.43 bits per heavy atom. The number of rotatable bonds is 6. The van der Waals surface area contributed by atoms with Gasteiger partial charge in [-0.1, -0.05) is 54.0 Å². The first-order valence-corrected chi connectivity index (χ1v) is 8.07. The average molecular weight is 350 g/mol. The fraction of sp³-hybridized carbons (Fsp3) is 0.333. The van der Waals surface area contributed by atoms with Crippen molar-refractivity contribution in [3.63, 3.8) is 0 Å². The maximum atomic E-state index is 13.4. The third kappa shape index (κ3) is 5.25. The smallest absolute Gasteiger partial charge is 0.123 e. The first-order chi connectivity index (χ1) is 10.0. The molecule has 0 heterocycles. The number of halogens is 2. The summed E-state index contributed by atoms with van der Waals surface area (Å²) in [4.78, 5) is 0. The van der Waals surface area contributed by atoms with Crippen molar-refractivity contribution in [1.82, 2.24) is 5.32 Å². The number of nitrogens with one attached hydrogen (secondary N) is 1. The van der Waals surface area contributed by atoms with Gasteiger partial charge in [-0.15, -0.1) is 0 Å². The molecule has 21 heavy (non-hydrogen) atoms. The Balaban J connectivity index is 2.17. The first-order valence-electron chi connectivity index (χ1n) is 7.28. The van der Waals surface area contributed by atoms with E-state index in [1.165, 1.54) is 11.6 Å². The predicted octanol–water partition coefficient (Wildman–Crippen LogP) is 4.91. The summed E-state index contributed by atoms with van der Waals surface area (Å²) in [6, 6.07) is 15.7. The summed E-state index contributed by atoms with van der Waals surface area (Å²) in [6.07, 6.45) is 0.832. The molecule has 1 N–H and O–H groups in total. The summed E-state index contributed by atoms with van der Waals surface area (Å²) in [6.45, 7) is 5.16. The molecule has 0 saturated carbocycles. The lowest BCUT2D eigenvalue weighted by atomic mass is 9.91. The second kappa shape index (κ2) is 7.71. The SMILES string of the molecule is CC(C)NCC(Cc1cccc(F)c1)c1ccc(Br)cc1. The second-order valence-electron chi connectivity index (χ2n) is 5.65. The normalized spacial score (nSPS) is 12.6. The lowest BCUT2D eigenvalue weighted by Crippen LogP contribution is -2.29. The second-order valence-corrected chi connectivity index (χ2v) is 6.56. The van der Waals surface area contributed by atoms with E-state index in [9.17, 15) is 4.39 Å². The van der Waals surface area contributed by atoms with Crippen LogP contribution in [0.25, 0.3) is 0 Å². The van der Waals surface area contributed by atoms with Crippen LogP contribution in [-0.2, 0) is 6.42 Å². The van der Waals surface area contributed by atoms with Gasteiger partial charge in [0.05, 0.1) is 0 Å². The highest BCUT2D eigenvalue weighted by Gasteiger charge is 2.13. The van der Waals surface area contributed by atoms with E-state index in [0.717, 1.165) is 23.0 Å². The fourth-order valence-electron chi connectivity index (χ4n) is 2.37. The Labute approximate surface area is 134 Å². The standard InChI is InChI=1S/C18H21BrFN/c1-13(2)21-12-16(15-6-8-17(19)9-7-15)10-14-4-3-5-18(20)11-14/h3-9,11,13,16,21H,10,12H2,1-2H3. The van der Waals surface area contributed by atoms with E-state index < -0.39 is 0 Å². The summed E-state index contributed by atoms with van der Waals surface area (Å²) in [7, 11) is 0. The zero-order valence-electron chi connectivity index (χ0n) is 12.4. The molecule has 0 radical (unpaired) electrons. The zero-order valence-corrected chi connectivity index (χ0v) is 14.0. The van der Waals surface area contributed by atoms with Crippen molar-refractivity contribution in [1.29, 1.82) is 0 Å². The van der Waals surface area contributed by atoms with Gasteiger partial charge in [-0.3, -0.25) is 0 Å². The molecule has 0 aliphatic heterocycles. The molecule has 0 aliphatic rings. The van der Waals surface area contributed by atoms with Crippen molar-refractivity contribution in [2.75, 3.05) is 6.54 Å². The Morgan fingerprint density at radius 2 is 1.81 bits per heavy atom. The van der Waals surface area contributed by atoms with Crippen LogP contribution in [0.15, 0.2) is 53.0 Å². The van der Waals surface area contributed by atoms with Crippen LogP contribution < -0.4 is 5.32 Å². The van der Waals surface area contributed by atoms with Gasteiger partial charge in [0.2, 0.25) is 0 Å². The van der Waals surface area contributed by atoms with Crippen LogP contribution in [0.2, 0.25) is 0 Å². The van der Waals surface area contributed by atoms with Crippen LogP contribution in [0.4, 0.5) is 4.39 Å². The van der Waals surface area contributed by atoms with Gasteiger partial charge in [-0.25, -0.2) is 4.39 Å². The highest BCUT2D eigenvalue weighted by Crippen LogP contribution is 2.23. The summed E-state index contributed by atoms with van der Waals surface area (Å²) in [5.74, 6) is 0.168. The molecule has 1 atom stereocenters. The van der Waals surface area contributed by atoms with Crippen molar-refractivity contribution in [2.45, 2.75) is 32.2 Å². The van der Waals surface area contributed by atoms with Crippen LogP contribution in [0.3, 0.4) is 0 Å². The molecule has 2 rings (SSSR count). The Bertz CT molecular complexity index is 566. The maximum absolute atomic E-state index is 13.4. The molecule has 112 valence electrons. The summed E-state index contributed by atoms with van der Waals surface area (Å²) in [5, 5.41) is 3.49. The van der Waals surface area contributed by atoms with Crippen molar-refractivity contribution in [3.8, 4) is 0 Å². The van der Waals surface area contributed by atoms with Crippen LogP contribution in [0.1, 0.15) is 30.9 Å². The molecule has 2 aromatic rings. The molecule has 0 aliphatic carbocycles. The zero-order chi connectivity index (χ0) is 15.2. The Morgan fingerprint density at radius 1 is 1.10 bits per heavy atom. The van der Waals surface area contributed by atoms with E-state index in [0.29, 0.717) is 12.0 Å². The van der Waals surface area contributed by atoms with Gasteiger partial charge in [-0.2, -0.15) is 0 Å². The molecule has 0 amide bonds. The summed E-state index contributed by atoms with van der Waals surface area (Å²) in [5.41, 5.74) is 2.31. The van der Waals surface area contributed by atoms with Crippen LogP contribution in [0.5, 0.6) is 0 Å². The van der Waals surface area contributed by atoms with E-state index >= 15 is 0 Å². The van der Waals surface area contributed by atoms with E-state index in [1.54, 1.807) is 12.1 Å². The van der Waals surface area contributed by atoms with Crippen LogP contribution in [-0.4, -0.2) is 12.6 Å². The van der Waals surface area contributed by atoms with Crippen LogP contribution in [0, 0.1) is 5.82 Å². The van der Waals surface area contributed by atoms with Gasteiger partial charge in [0.1, 0.15) is 5.82 Å². The molecule has 0 fully saturated rings. The number of benzene rings is 2. The van der Waals surface area contributed by atoms with Crippen molar-refractivity contribution in [3.05, 3.63) is 69.9 Å². The van der Waals surface area contributed by atoms with Gasteiger partial charge in [-0.05, 0) is 41.8 Å². The van der Waals surface area contributed by atoms with Crippen molar-refractivity contribution in [2.24, 2.45) is 0 Å². The van der Waals surface area contributed by atoms with Gasteiger partial charge < -0.3 is 5.32 Å². The maximum Gasteiger partial charge on any atom is 0.123 e. The van der Waals surface area contributed by atoms with Crippen LogP contribution >= 0.6 is 15.9 Å². The molecule has 0 aromatic heterocycles. The lowest BCUT2D eigenvalue weighted by Gasteiger charge is -2.20. The third-order valence-corrected chi connectivity index (χ3v) is 4.01. The van der Waals surface area contributed by atoms with Gasteiger partial charge >= 0.3 is 0 Å². The molecule has 2 aromatic carbocycles. The monoisotopic (exact) mass is 349 g/mol. The molecule has 0 spiro atoms. The predicted molar refractivity (Wildman–Crippen MR) is 90.1 cm³/mol. The minimum atomic E-state index is -0.168. The molecule has 3 heteroatoms. The topological polar surface area (TPSA) is 12.0 Å². The first kappa shape index (κ1) is 16.2. The van der Waals surface area contributed by atoms with Gasteiger partial charge in [0, 0.05) is 23.0 Å². The largest absolute Gasteiger partial charge is 0.314 e. The molecular weight excluding hydrogens is 329 g/mol. The minimum absolute atomic E-state index is 0.168. The van der Waals surface area contributed by atoms with Gasteiger partial charge in [0.25, 0.3) is 0 Å². The highest BCUT2D eigenvalue weighted by molar-refractivity contribution is 9.10. The van der Waals surface area contributed by atoms with E-state index in [4.69, 9.17) is 0 Å². The minimum Gasteiger partial charge on any atom is -0.314 e. The molecule has 1 nitrogen and oxygen atoms in total. The summed E-state index contributed by atoms with van der Waals surface area (Å²) < 4.78 is 14.4. The Hall–Kier alpha value is -1.19. The molecule has 0 bridgehead atoms. The summed E-state index contributed by atoms with van der Waals surface area (Å²) >= 11 is 3.47. The van der Waals surface area contributed by atoms with E-state index in [1.807, 2.05) is 6.07 Å². The third-order valence-electron chi connectivity index (χ3n) is 3.49. The number of hydrogen-bond donors (Lipinski definition) is 1. The van der Waals surface area contributed by atoms with Crippen molar-refractivity contribution >= 4 is 15.9 Å². The average Bonchev–Trinajstić information content (AvgIpc) is 2.44. The molecule has 0 saturated heterocycles.